The molecule has 0 radical (unpaired) electrons. The minimum absolute atomic E-state index is 0.0107. The largest absolute Gasteiger partial charge is 0.504 e. The van der Waals surface area contributed by atoms with Crippen LogP contribution in [-0.4, -0.2) is 32.9 Å². The molecule has 1 aliphatic rings. The molecule has 2 aromatic rings. The van der Waals surface area contributed by atoms with Gasteiger partial charge in [-0.1, -0.05) is 17.7 Å². The molecular formula is C19H21NO7S. The van der Waals surface area contributed by atoms with E-state index in [0.29, 0.717) is 11.1 Å². The number of aromatic hydroxyl groups is 1. The predicted molar refractivity (Wildman–Crippen MR) is 102 cm³/mol. The van der Waals surface area contributed by atoms with E-state index in [1.54, 1.807) is 32.9 Å². The van der Waals surface area contributed by atoms with Crippen molar-refractivity contribution in [3.8, 4) is 17.2 Å². The van der Waals surface area contributed by atoms with Crippen LogP contribution in [-0.2, 0) is 14.8 Å². The van der Waals surface area contributed by atoms with Crippen LogP contribution in [0.1, 0.15) is 34.0 Å². The number of benzene rings is 2. The van der Waals surface area contributed by atoms with Gasteiger partial charge in [0.1, 0.15) is 5.56 Å². The maximum absolute atomic E-state index is 13.1. The number of rotatable bonds is 5. The van der Waals surface area contributed by atoms with Crippen LogP contribution in [0.3, 0.4) is 0 Å². The highest BCUT2D eigenvalue weighted by molar-refractivity contribution is 7.92. The summed E-state index contributed by atoms with van der Waals surface area (Å²) >= 11 is 0. The van der Waals surface area contributed by atoms with E-state index in [2.05, 4.69) is 4.72 Å². The van der Waals surface area contributed by atoms with E-state index in [9.17, 15) is 18.3 Å². The van der Waals surface area contributed by atoms with Crippen molar-refractivity contribution in [2.75, 3.05) is 18.1 Å². The van der Waals surface area contributed by atoms with E-state index in [-0.39, 0.29) is 41.0 Å². The molecule has 0 saturated heterocycles. The highest BCUT2D eigenvalue weighted by Gasteiger charge is 2.31. The first-order chi connectivity index (χ1) is 13.2. The van der Waals surface area contributed by atoms with Crippen molar-refractivity contribution in [3.05, 3.63) is 40.5 Å². The Kier molecular flexibility index (Phi) is 5.12. The van der Waals surface area contributed by atoms with E-state index < -0.39 is 21.7 Å². The van der Waals surface area contributed by atoms with Crippen LogP contribution < -0.4 is 14.2 Å². The normalized spacial score (nSPS) is 12.7. The molecule has 3 rings (SSSR count). The van der Waals surface area contributed by atoms with E-state index in [1.165, 1.54) is 6.07 Å². The van der Waals surface area contributed by atoms with Gasteiger partial charge in [-0.3, -0.25) is 4.72 Å². The fourth-order valence-electron chi connectivity index (χ4n) is 3.28. The van der Waals surface area contributed by atoms with Gasteiger partial charge in [0.2, 0.25) is 12.5 Å². The first kappa shape index (κ1) is 19.8. The van der Waals surface area contributed by atoms with Gasteiger partial charge in [-0.25, -0.2) is 13.2 Å². The molecule has 8 nitrogen and oxygen atoms in total. The zero-order valence-corrected chi connectivity index (χ0v) is 16.8. The zero-order chi connectivity index (χ0) is 20.6. The molecule has 2 aromatic carbocycles. The lowest BCUT2D eigenvalue weighted by Gasteiger charge is -2.16. The average molecular weight is 407 g/mol. The minimum Gasteiger partial charge on any atom is -0.504 e. The monoisotopic (exact) mass is 407 g/mol. The van der Waals surface area contributed by atoms with E-state index >= 15 is 0 Å². The third kappa shape index (κ3) is 3.45. The lowest BCUT2D eigenvalue weighted by Crippen LogP contribution is -2.17. The highest BCUT2D eigenvalue weighted by Crippen LogP contribution is 2.48. The van der Waals surface area contributed by atoms with Crippen LogP contribution >= 0.6 is 0 Å². The number of phenolic OH excluding ortho intramolecular Hbond substituents is 1. The van der Waals surface area contributed by atoms with Gasteiger partial charge < -0.3 is 19.3 Å². The van der Waals surface area contributed by atoms with Gasteiger partial charge in [0, 0.05) is 0 Å². The van der Waals surface area contributed by atoms with Gasteiger partial charge in [-0.2, -0.15) is 0 Å². The molecule has 0 atom stereocenters. The number of sulfonamides is 1. The van der Waals surface area contributed by atoms with Crippen molar-refractivity contribution in [1.82, 2.24) is 0 Å². The van der Waals surface area contributed by atoms with Crippen LogP contribution in [0.2, 0.25) is 0 Å². The van der Waals surface area contributed by atoms with Crippen LogP contribution in [0, 0.1) is 20.8 Å². The van der Waals surface area contributed by atoms with Gasteiger partial charge in [0.25, 0.3) is 10.0 Å². The van der Waals surface area contributed by atoms with Gasteiger partial charge in [0.15, 0.2) is 11.5 Å². The summed E-state index contributed by atoms with van der Waals surface area (Å²) in [5.74, 6) is -1.37. The van der Waals surface area contributed by atoms with Gasteiger partial charge in [0.05, 0.1) is 17.2 Å². The van der Waals surface area contributed by atoms with Crippen molar-refractivity contribution >= 4 is 21.7 Å². The maximum Gasteiger partial charge on any atom is 0.342 e. The summed E-state index contributed by atoms with van der Waals surface area (Å²) in [6.07, 6.45) is 0. The van der Waals surface area contributed by atoms with Crippen LogP contribution in [0.15, 0.2) is 23.1 Å². The lowest BCUT2D eigenvalue weighted by molar-refractivity contribution is 0.0522. The quantitative estimate of drug-likeness (QED) is 0.579. The van der Waals surface area contributed by atoms with E-state index in [1.807, 2.05) is 6.92 Å². The summed E-state index contributed by atoms with van der Waals surface area (Å²) in [7, 11) is -4.00. The van der Waals surface area contributed by atoms with Crippen molar-refractivity contribution in [1.29, 1.82) is 0 Å². The molecule has 0 bridgehead atoms. The van der Waals surface area contributed by atoms with E-state index in [0.717, 1.165) is 5.56 Å². The molecule has 0 amide bonds. The molecule has 0 aliphatic carbocycles. The van der Waals surface area contributed by atoms with Gasteiger partial charge >= 0.3 is 5.97 Å². The second kappa shape index (κ2) is 7.23. The Morgan fingerprint density at radius 1 is 1.14 bits per heavy atom. The van der Waals surface area contributed by atoms with Crippen molar-refractivity contribution in [3.63, 3.8) is 0 Å². The number of nitrogens with one attached hydrogen (secondary N) is 1. The Hall–Kier alpha value is -2.94. The molecule has 0 spiro atoms. The molecule has 9 heteroatoms. The number of fused-ring (bicyclic) bond motifs is 1. The molecule has 2 N–H and O–H groups in total. The van der Waals surface area contributed by atoms with Gasteiger partial charge in [-0.15, -0.1) is 0 Å². The molecule has 0 aromatic heterocycles. The average Bonchev–Trinajstić information content (AvgIpc) is 3.06. The zero-order valence-electron chi connectivity index (χ0n) is 16.0. The van der Waals surface area contributed by atoms with Crippen LogP contribution in [0.4, 0.5) is 5.69 Å². The third-order valence-corrected chi connectivity index (χ3v) is 5.90. The first-order valence-corrected chi connectivity index (χ1v) is 10.1. The number of aryl methyl sites for hydroxylation is 3. The highest BCUT2D eigenvalue weighted by atomic mass is 32.2. The summed E-state index contributed by atoms with van der Waals surface area (Å²) in [6.45, 7) is 6.79. The Bertz CT molecular complexity index is 1040. The molecule has 0 saturated carbocycles. The number of phenols is 1. The first-order valence-electron chi connectivity index (χ1n) is 8.59. The molecule has 28 heavy (non-hydrogen) atoms. The second-order valence-corrected chi connectivity index (χ2v) is 8.06. The summed E-state index contributed by atoms with van der Waals surface area (Å²) in [5.41, 5.74) is 1.88. The summed E-state index contributed by atoms with van der Waals surface area (Å²) in [5, 5.41) is 10.3. The SMILES string of the molecule is CCOC(=O)c1cc(NS(=O)(=O)c2c(C)cc(C)cc2C)c2c(c1O)OCO2. The fourth-order valence-corrected chi connectivity index (χ4v) is 4.79. The summed E-state index contributed by atoms with van der Waals surface area (Å²) in [6, 6.07) is 4.72. The molecule has 1 aliphatic heterocycles. The fraction of sp³-hybridized carbons (Fsp3) is 0.316. The molecule has 150 valence electrons. The van der Waals surface area contributed by atoms with Crippen LogP contribution in [0.5, 0.6) is 17.2 Å². The molecule has 0 unspecified atom stereocenters. The molecule has 1 heterocycles. The summed E-state index contributed by atoms with van der Waals surface area (Å²) < 4.78 is 44.0. The van der Waals surface area contributed by atoms with Crippen molar-refractivity contribution in [2.24, 2.45) is 0 Å². The van der Waals surface area contributed by atoms with Crippen molar-refractivity contribution in [2.45, 2.75) is 32.6 Å². The number of ether oxygens (including phenoxy) is 3. The topological polar surface area (TPSA) is 111 Å². The molecule has 0 fully saturated rings. The van der Waals surface area contributed by atoms with Crippen molar-refractivity contribution < 1.29 is 32.5 Å². The smallest absolute Gasteiger partial charge is 0.342 e. The second-order valence-electron chi connectivity index (χ2n) is 6.44. The predicted octanol–water partition coefficient (Wildman–Crippen LogP) is 3.02. The van der Waals surface area contributed by atoms with E-state index in [4.69, 9.17) is 14.2 Å². The number of hydrogen-bond acceptors (Lipinski definition) is 7. The number of esters is 1. The Labute approximate surface area is 163 Å². The standard InChI is InChI=1S/C19H21NO7S/c1-5-25-19(22)13-8-14(16-17(15(13)21)27-9-26-16)20-28(23,24)18-11(3)6-10(2)7-12(18)4/h6-8,20-21H,5,9H2,1-4H3. The van der Waals surface area contributed by atoms with Gasteiger partial charge in [-0.05, 0) is 44.9 Å². The van der Waals surface area contributed by atoms with Crippen LogP contribution in [0.25, 0.3) is 0 Å². The molecular weight excluding hydrogens is 386 g/mol. The number of hydrogen-bond donors (Lipinski definition) is 2. The Balaban J connectivity index is 2.11. The maximum atomic E-state index is 13.1. The minimum atomic E-state index is -4.00. The summed E-state index contributed by atoms with van der Waals surface area (Å²) in [4.78, 5) is 12.3. The number of carbonyl (C=O) groups is 1. The third-order valence-electron chi connectivity index (χ3n) is 4.23. The Morgan fingerprint density at radius 3 is 2.36 bits per heavy atom. The Morgan fingerprint density at radius 2 is 1.75 bits per heavy atom. The lowest BCUT2D eigenvalue weighted by atomic mass is 10.1. The number of anilines is 1. The number of carbonyl (C=O) groups excluding carboxylic acids is 1.